The summed E-state index contributed by atoms with van der Waals surface area (Å²) >= 11 is 0. The van der Waals surface area contributed by atoms with E-state index in [1.807, 2.05) is 32.0 Å². The first kappa shape index (κ1) is 11.7. The Bertz CT molecular complexity index is 528. The lowest BCUT2D eigenvalue weighted by Gasteiger charge is -2.01. The van der Waals surface area contributed by atoms with Crippen LogP contribution in [0.25, 0.3) is 11.0 Å². The van der Waals surface area contributed by atoms with Gasteiger partial charge in [-0.2, -0.15) is 0 Å². The van der Waals surface area contributed by atoms with Crippen molar-refractivity contribution in [3.63, 3.8) is 0 Å². The molecule has 1 aromatic heterocycles. The minimum absolute atomic E-state index is 0.0510. The molecule has 0 spiro atoms. The van der Waals surface area contributed by atoms with Gasteiger partial charge in [0.1, 0.15) is 5.58 Å². The number of rotatable bonds is 4. The van der Waals surface area contributed by atoms with E-state index in [4.69, 9.17) is 4.42 Å². The number of fused-ring (bicyclic) bond motifs is 1. The van der Waals surface area contributed by atoms with E-state index >= 15 is 0 Å². The fraction of sp³-hybridized carbons (Fsp3) is 0.357. The van der Waals surface area contributed by atoms with Gasteiger partial charge in [0.05, 0.1) is 12.7 Å². The predicted molar refractivity (Wildman–Crippen MR) is 68.0 cm³/mol. The van der Waals surface area contributed by atoms with Crippen molar-refractivity contribution in [2.24, 2.45) is 0 Å². The van der Waals surface area contributed by atoms with E-state index in [0.29, 0.717) is 6.42 Å². The summed E-state index contributed by atoms with van der Waals surface area (Å²) in [6.07, 6.45) is 3.02. The van der Waals surface area contributed by atoms with Gasteiger partial charge in [0.15, 0.2) is 0 Å². The molecule has 1 N–H and O–H groups in total. The summed E-state index contributed by atoms with van der Waals surface area (Å²) in [5, 5.41) is 3.90. The molecular formula is C14H17NO2. The Hall–Kier alpha value is -1.77. The van der Waals surface area contributed by atoms with Gasteiger partial charge in [0, 0.05) is 17.5 Å². The molecule has 0 bridgehead atoms. The molecule has 90 valence electrons. The molecule has 1 amide bonds. The van der Waals surface area contributed by atoms with E-state index in [1.165, 1.54) is 0 Å². The lowest BCUT2D eigenvalue weighted by atomic mass is 10.1. The van der Waals surface area contributed by atoms with Crippen LogP contribution in [0.2, 0.25) is 0 Å². The van der Waals surface area contributed by atoms with E-state index < -0.39 is 0 Å². The van der Waals surface area contributed by atoms with Gasteiger partial charge in [-0.05, 0) is 25.0 Å². The molecule has 1 heterocycles. The normalized spacial score (nSPS) is 10.7. The Morgan fingerprint density at radius 1 is 1.41 bits per heavy atom. The third-order valence-corrected chi connectivity index (χ3v) is 2.73. The van der Waals surface area contributed by atoms with E-state index in [0.717, 1.165) is 35.1 Å². The topological polar surface area (TPSA) is 42.2 Å². The van der Waals surface area contributed by atoms with E-state index in [9.17, 15) is 4.79 Å². The minimum atomic E-state index is 0.0510. The van der Waals surface area contributed by atoms with Crippen molar-refractivity contribution >= 4 is 16.9 Å². The fourth-order valence-corrected chi connectivity index (χ4v) is 1.83. The summed E-state index contributed by atoms with van der Waals surface area (Å²) in [4.78, 5) is 11.6. The zero-order valence-electron chi connectivity index (χ0n) is 10.2. The summed E-state index contributed by atoms with van der Waals surface area (Å²) in [5.41, 5.74) is 2.96. The van der Waals surface area contributed by atoms with Crippen LogP contribution in [-0.2, 0) is 11.2 Å². The number of carbonyl (C=O) groups excluding carboxylic acids is 1. The zero-order chi connectivity index (χ0) is 12.3. The number of amides is 1. The smallest absolute Gasteiger partial charge is 0.224 e. The van der Waals surface area contributed by atoms with Crippen molar-refractivity contribution < 1.29 is 9.21 Å². The second-order valence-electron chi connectivity index (χ2n) is 4.29. The number of hydrogen-bond donors (Lipinski definition) is 1. The van der Waals surface area contributed by atoms with Crippen LogP contribution in [-0.4, -0.2) is 12.5 Å². The maximum atomic E-state index is 11.6. The van der Waals surface area contributed by atoms with Crippen molar-refractivity contribution in [2.45, 2.75) is 26.7 Å². The average Bonchev–Trinajstić information content (AvgIpc) is 2.69. The number of carbonyl (C=O) groups is 1. The lowest BCUT2D eigenvalue weighted by molar-refractivity contribution is -0.120. The first-order chi connectivity index (χ1) is 8.20. The van der Waals surface area contributed by atoms with Gasteiger partial charge in [-0.1, -0.05) is 19.1 Å². The van der Waals surface area contributed by atoms with Crippen LogP contribution in [0.3, 0.4) is 0 Å². The minimum Gasteiger partial charge on any atom is -0.464 e. The first-order valence-corrected chi connectivity index (χ1v) is 5.94. The number of nitrogens with one attached hydrogen (secondary N) is 1. The monoisotopic (exact) mass is 231 g/mol. The van der Waals surface area contributed by atoms with Crippen LogP contribution in [0.1, 0.15) is 24.5 Å². The Kier molecular flexibility index (Phi) is 3.47. The highest BCUT2D eigenvalue weighted by Crippen LogP contribution is 2.22. The van der Waals surface area contributed by atoms with Crippen LogP contribution in [0.4, 0.5) is 0 Å². The van der Waals surface area contributed by atoms with Crippen LogP contribution in [0.5, 0.6) is 0 Å². The summed E-state index contributed by atoms with van der Waals surface area (Å²) in [5.74, 6) is 0.0510. The summed E-state index contributed by atoms with van der Waals surface area (Å²) in [7, 11) is 0. The molecule has 3 nitrogen and oxygen atoms in total. The van der Waals surface area contributed by atoms with Crippen molar-refractivity contribution in [3.05, 3.63) is 35.6 Å². The molecule has 0 aliphatic carbocycles. The van der Waals surface area contributed by atoms with Crippen molar-refractivity contribution in [3.8, 4) is 0 Å². The predicted octanol–water partition coefficient (Wildman–Crippen LogP) is 2.81. The quantitative estimate of drug-likeness (QED) is 0.879. The van der Waals surface area contributed by atoms with Crippen LogP contribution in [0, 0.1) is 6.92 Å². The molecule has 0 saturated carbocycles. The Labute approximate surface area is 101 Å². The molecule has 2 aromatic rings. The number of furan rings is 1. The number of hydrogen-bond acceptors (Lipinski definition) is 2. The highest BCUT2D eigenvalue weighted by atomic mass is 16.3. The van der Waals surface area contributed by atoms with Crippen LogP contribution in [0.15, 0.2) is 28.9 Å². The van der Waals surface area contributed by atoms with Gasteiger partial charge in [0.2, 0.25) is 5.91 Å². The van der Waals surface area contributed by atoms with Crippen molar-refractivity contribution in [1.29, 1.82) is 0 Å². The van der Waals surface area contributed by atoms with E-state index in [-0.39, 0.29) is 5.91 Å². The van der Waals surface area contributed by atoms with Gasteiger partial charge in [-0.15, -0.1) is 0 Å². The van der Waals surface area contributed by atoms with Gasteiger partial charge < -0.3 is 9.73 Å². The van der Waals surface area contributed by atoms with Crippen molar-refractivity contribution in [2.75, 3.05) is 6.54 Å². The molecule has 0 unspecified atom stereocenters. The molecular weight excluding hydrogens is 214 g/mol. The second-order valence-corrected chi connectivity index (χ2v) is 4.29. The molecule has 0 fully saturated rings. The Morgan fingerprint density at radius 3 is 3.00 bits per heavy atom. The number of aryl methyl sites for hydroxylation is 1. The maximum absolute atomic E-state index is 11.6. The number of benzene rings is 1. The molecule has 17 heavy (non-hydrogen) atoms. The molecule has 0 aliphatic rings. The summed E-state index contributed by atoms with van der Waals surface area (Å²) in [6, 6.07) is 6.03. The van der Waals surface area contributed by atoms with Crippen LogP contribution < -0.4 is 5.32 Å². The largest absolute Gasteiger partial charge is 0.464 e. The average molecular weight is 231 g/mol. The highest BCUT2D eigenvalue weighted by molar-refractivity contribution is 5.87. The van der Waals surface area contributed by atoms with Gasteiger partial charge in [-0.3, -0.25) is 4.79 Å². The second kappa shape index (κ2) is 5.04. The summed E-state index contributed by atoms with van der Waals surface area (Å²) < 4.78 is 5.46. The zero-order valence-corrected chi connectivity index (χ0v) is 10.2. The molecule has 3 heteroatoms. The maximum Gasteiger partial charge on any atom is 0.224 e. The van der Waals surface area contributed by atoms with Gasteiger partial charge in [-0.25, -0.2) is 0 Å². The fourth-order valence-electron chi connectivity index (χ4n) is 1.83. The van der Waals surface area contributed by atoms with Gasteiger partial charge in [0.25, 0.3) is 0 Å². The molecule has 0 saturated heterocycles. The van der Waals surface area contributed by atoms with Gasteiger partial charge >= 0.3 is 0 Å². The van der Waals surface area contributed by atoms with E-state index in [1.54, 1.807) is 6.26 Å². The Morgan fingerprint density at radius 2 is 2.24 bits per heavy atom. The van der Waals surface area contributed by atoms with Crippen LogP contribution >= 0.6 is 0 Å². The van der Waals surface area contributed by atoms with E-state index in [2.05, 4.69) is 5.32 Å². The molecule has 1 aromatic carbocycles. The van der Waals surface area contributed by atoms with Crippen molar-refractivity contribution in [1.82, 2.24) is 5.32 Å². The molecule has 0 radical (unpaired) electrons. The Balaban J connectivity index is 2.16. The highest BCUT2D eigenvalue weighted by Gasteiger charge is 2.09. The molecule has 0 aliphatic heterocycles. The first-order valence-electron chi connectivity index (χ1n) is 5.94. The summed E-state index contributed by atoms with van der Waals surface area (Å²) in [6.45, 7) is 4.79. The lowest BCUT2D eigenvalue weighted by Crippen LogP contribution is -2.25. The SMILES string of the molecule is CCCNC(=O)Cc1coc2cc(C)ccc12. The standard InChI is InChI=1S/C14H17NO2/c1-3-6-15-14(16)8-11-9-17-13-7-10(2)4-5-12(11)13/h4-5,7,9H,3,6,8H2,1-2H3,(H,15,16). The third-order valence-electron chi connectivity index (χ3n) is 2.73. The third kappa shape index (κ3) is 2.67. The molecule has 2 rings (SSSR count). The molecule has 0 atom stereocenters.